The SMILES string of the molecule is Cc1ccc(S(=O)(=O)N(CCCB2Oc3ccccc3O2)B2Oc3ccccc3O2)cc1. The van der Waals surface area contributed by atoms with Gasteiger partial charge in [-0.2, -0.15) is 4.22 Å². The number of hydrogen-bond acceptors (Lipinski definition) is 6. The van der Waals surface area contributed by atoms with Crippen molar-refractivity contribution in [2.75, 3.05) is 6.54 Å². The van der Waals surface area contributed by atoms with E-state index < -0.39 is 24.4 Å². The van der Waals surface area contributed by atoms with Crippen LogP contribution in [0.15, 0.2) is 77.7 Å². The van der Waals surface area contributed by atoms with Crippen LogP contribution < -0.4 is 18.6 Å². The Balaban J connectivity index is 1.33. The molecule has 3 aromatic carbocycles. The van der Waals surface area contributed by atoms with E-state index in [1.165, 1.54) is 4.22 Å². The summed E-state index contributed by atoms with van der Waals surface area (Å²) in [5.41, 5.74) is 0.978. The summed E-state index contributed by atoms with van der Waals surface area (Å²) in [6, 6.07) is 21.3. The summed E-state index contributed by atoms with van der Waals surface area (Å²) in [5, 5.41) is 0. The van der Waals surface area contributed by atoms with Gasteiger partial charge in [0.05, 0.1) is 4.90 Å². The van der Waals surface area contributed by atoms with Crippen LogP contribution in [0.4, 0.5) is 0 Å². The average Bonchev–Trinajstić information content (AvgIpc) is 3.40. The van der Waals surface area contributed by atoms with Crippen molar-refractivity contribution in [1.82, 2.24) is 4.22 Å². The Morgan fingerprint density at radius 2 is 1.25 bits per heavy atom. The van der Waals surface area contributed by atoms with Crippen LogP contribution in [0.2, 0.25) is 6.32 Å². The predicted molar refractivity (Wildman–Crippen MR) is 121 cm³/mol. The first-order chi connectivity index (χ1) is 15.5. The summed E-state index contributed by atoms with van der Waals surface area (Å²) in [6.45, 7) is 2.09. The lowest BCUT2D eigenvalue weighted by atomic mass is 9.83. The Kier molecular flexibility index (Phi) is 5.48. The molecule has 0 fully saturated rings. The highest BCUT2D eigenvalue weighted by molar-refractivity contribution is 7.90. The molecule has 7 nitrogen and oxygen atoms in total. The van der Waals surface area contributed by atoms with Gasteiger partial charge in [0.25, 0.3) is 0 Å². The molecule has 0 saturated heterocycles. The van der Waals surface area contributed by atoms with Gasteiger partial charge in [0.15, 0.2) is 0 Å². The van der Waals surface area contributed by atoms with Gasteiger partial charge in [-0.25, -0.2) is 8.42 Å². The molecule has 10 heteroatoms. The number of nitrogens with zero attached hydrogens (tertiary/aromatic N) is 1. The summed E-state index contributed by atoms with van der Waals surface area (Å²) in [6.07, 6.45) is 0.998. The van der Waals surface area contributed by atoms with Crippen molar-refractivity contribution < 1.29 is 27.0 Å². The maximum Gasteiger partial charge on any atom is 0.716 e. The van der Waals surface area contributed by atoms with Gasteiger partial charge in [-0.1, -0.05) is 42.0 Å². The maximum atomic E-state index is 13.5. The summed E-state index contributed by atoms with van der Waals surface area (Å²) >= 11 is 0. The molecule has 3 aromatic rings. The molecule has 0 radical (unpaired) electrons. The number of aryl methyl sites for hydroxylation is 1. The van der Waals surface area contributed by atoms with Crippen molar-refractivity contribution in [2.24, 2.45) is 0 Å². The highest BCUT2D eigenvalue weighted by Crippen LogP contribution is 2.36. The second-order valence-corrected chi connectivity index (χ2v) is 9.56. The molecule has 0 spiro atoms. The van der Waals surface area contributed by atoms with Gasteiger partial charge in [-0.15, -0.1) is 0 Å². The van der Waals surface area contributed by atoms with Crippen molar-refractivity contribution in [3.05, 3.63) is 78.4 Å². The van der Waals surface area contributed by atoms with Gasteiger partial charge >= 0.3 is 14.4 Å². The zero-order valence-electron chi connectivity index (χ0n) is 17.5. The van der Waals surface area contributed by atoms with E-state index in [1.54, 1.807) is 36.4 Å². The smallest absolute Gasteiger partial charge is 0.523 e. The van der Waals surface area contributed by atoms with Crippen LogP contribution in [-0.4, -0.2) is 33.6 Å². The molecule has 2 heterocycles. The minimum absolute atomic E-state index is 0.175. The third kappa shape index (κ3) is 4.03. The molecule has 0 N–H and O–H groups in total. The molecule has 0 aromatic heterocycles. The molecule has 0 saturated carbocycles. The molecule has 0 atom stereocenters. The molecule has 162 valence electrons. The number of hydrogen-bond donors (Lipinski definition) is 0. The number of benzene rings is 3. The van der Waals surface area contributed by atoms with E-state index in [2.05, 4.69) is 0 Å². The van der Waals surface area contributed by atoms with Gasteiger partial charge in [-0.3, -0.25) is 0 Å². The van der Waals surface area contributed by atoms with Gasteiger partial charge in [-0.05, 0) is 49.7 Å². The molecule has 0 bridgehead atoms. The number of rotatable bonds is 7. The minimum atomic E-state index is -3.87. The standard InChI is InChI=1S/C22H21B2NO6S/c1-17-11-13-18(14-12-17)32(26,27)25(24-30-21-9-4-5-10-22(21)31-24)16-6-15-23-28-19-7-2-3-8-20(19)29-23/h2-5,7-14H,6,15-16H2,1H3. The van der Waals surface area contributed by atoms with Gasteiger partial charge in [0, 0.05) is 12.9 Å². The number of fused-ring (bicyclic) bond motifs is 2. The van der Waals surface area contributed by atoms with Crippen LogP contribution in [-0.2, 0) is 10.0 Å². The Bertz CT molecular complexity index is 1170. The van der Waals surface area contributed by atoms with Crippen LogP contribution in [0.1, 0.15) is 12.0 Å². The highest BCUT2D eigenvalue weighted by Gasteiger charge is 2.46. The Hall–Kier alpha value is -3.10. The van der Waals surface area contributed by atoms with Gasteiger partial charge in [0.2, 0.25) is 10.0 Å². The fourth-order valence-electron chi connectivity index (χ4n) is 3.67. The second-order valence-electron chi connectivity index (χ2n) is 7.67. The zero-order chi connectivity index (χ0) is 22.1. The molecule has 2 aliphatic heterocycles. The lowest BCUT2D eigenvalue weighted by Gasteiger charge is -2.23. The van der Waals surface area contributed by atoms with E-state index in [9.17, 15) is 8.42 Å². The van der Waals surface area contributed by atoms with Crippen LogP contribution in [0.25, 0.3) is 0 Å². The first-order valence-corrected chi connectivity index (χ1v) is 11.9. The molecule has 32 heavy (non-hydrogen) atoms. The third-order valence-corrected chi connectivity index (χ3v) is 7.19. The largest absolute Gasteiger partial charge is 0.716 e. The predicted octanol–water partition coefficient (Wildman–Crippen LogP) is 3.79. The summed E-state index contributed by atoms with van der Waals surface area (Å²) in [4.78, 5) is 0.187. The molecule has 5 rings (SSSR count). The maximum absolute atomic E-state index is 13.5. The molecule has 0 unspecified atom stereocenters. The number of sulfonamides is 1. The molecule has 0 amide bonds. The van der Waals surface area contributed by atoms with Crippen LogP contribution >= 0.6 is 0 Å². The number of para-hydroxylation sites is 4. The Labute approximate surface area is 188 Å². The lowest BCUT2D eigenvalue weighted by molar-refractivity contribution is 0.394. The first-order valence-electron chi connectivity index (χ1n) is 10.4. The normalized spacial score (nSPS) is 14.3. The summed E-state index contributed by atoms with van der Waals surface area (Å²) in [7, 11) is -5.41. The summed E-state index contributed by atoms with van der Waals surface area (Å²) < 4.78 is 51.5. The van der Waals surface area contributed by atoms with Crippen molar-refractivity contribution in [3.63, 3.8) is 0 Å². The lowest BCUT2D eigenvalue weighted by Crippen LogP contribution is -2.50. The monoisotopic (exact) mass is 449 g/mol. The van der Waals surface area contributed by atoms with Gasteiger partial charge < -0.3 is 18.6 Å². The second kappa shape index (κ2) is 8.44. The molecule has 2 aliphatic rings. The van der Waals surface area contributed by atoms with Crippen molar-refractivity contribution in [2.45, 2.75) is 24.6 Å². The fraction of sp³-hybridized carbons (Fsp3) is 0.182. The van der Waals surface area contributed by atoms with Crippen LogP contribution in [0, 0.1) is 6.92 Å². The van der Waals surface area contributed by atoms with E-state index in [1.807, 2.05) is 43.3 Å². The van der Waals surface area contributed by atoms with E-state index in [-0.39, 0.29) is 11.4 Å². The zero-order valence-corrected chi connectivity index (χ0v) is 18.3. The van der Waals surface area contributed by atoms with Crippen molar-refractivity contribution >= 4 is 24.4 Å². The van der Waals surface area contributed by atoms with Crippen molar-refractivity contribution in [3.8, 4) is 23.0 Å². The molecular weight excluding hydrogens is 428 g/mol. The Morgan fingerprint density at radius 3 is 1.78 bits per heavy atom. The molecular formula is C22H21B2NO6S. The Morgan fingerprint density at radius 1 is 0.750 bits per heavy atom. The van der Waals surface area contributed by atoms with E-state index in [4.69, 9.17) is 18.6 Å². The van der Waals surface area contributed by atoms with E-state index in [0.717, 1.165) is 5.56 Å². The summed E-state index contributed by atoms with van der Waals surface area (Å²) in [5.74, 6) is 2.41. The van der Waals surface area contributed by atoms with Gasteiger partial charge in [0.1, 0.15) is 23.0 Å². The quantitative estimate of drug-likeness (QED) is 0.512. The first kappa shape index (κ1) is 20.8. The van der Waals surface area contributed by atoms with Crippen LogP contribution in [0.3, 0.4) is 0 Å². The minimum Gasteiger partial charge on any atom is -0.523 e. The fourth-order valence-corrected chi connectivity index (χ4v) is 5.11. The topological polar surface area (TPSA) is 74.3 Å². The highest BCUT2D eigenvalue weighted by atomic mass is 32.2. The van der Waals surface area contributed by atoms with Crippen LogP contribution in [0.5, 0.6) is 23.0 Å². The van der Waals surface area contributed by atoms with E-state index in [0.29, 0.717) is 35.7 Å². The average molecular weight is 449 g/mol. The van der Waals surface area contributed by atoms with Crippen molar-refractivity contribution in [1.29, 1.82) is 0 Å². The molecule has 0 aliphatic carbocycles. The van der Waals surface area contributed by atoms with E-state index >= 15 is 0 Å². The third-order valence-electron chi connectivity index (χ3n) is 5.35.